The fourth-order valence-corrected chi connectivity index (χ4v) is 3.26. The first-order valence-electron chi connectivity index (χ1n) is 10.7. The maximum Gasteiger partial charge on any atom is 0.422 e. The molecule has 1 saturated heterocycles. The fourth-order valence-electron chi connectivity index (χ4n) is 3.26. The molecule has 2 aromatic heterocycles. The van der Waals surface area contributed by atoms with Crippen molar-refractivity contribution in [3.05, 3.63) is 41.1 Å². The second kappa shape index (κ2) is 11.1. The van der Waals surface area contributed by atoms with Crippen LogP contribution in [0.2, 0.25) is 0 Å². The molecule has 0 atom stereocenters. The number of amides is 2. The van der Waals surface area contributed by atoms with Gasteiger partial charge in [0, 0.05) is 48.9 Å². The number of alkyl halides is 3. The summed E-state index contributed by atoms with van der Waals surface area (Å²) in [7, 11) is 0. The molecule has 184 valence electrons. The summed E-state index contributed by atoms with van der Waals surface area (Å²) in [5.41, 5.74) is 1.48. The summed E-state index contributed by atoms with van der Waals surface area (Å²) in [5.74, 6) is -0.0831. The van der Waals surface area contributed by atoms with Gasteiger partial charge in [0.2, 0.25) is 11.8 Å². The molecular formula is C22H26F3N5O4. The summed E-state index contributed by atoms with van der Waals surface area (Å²) in [6, 6.07) is 5.98. The summed E-state index contributed by atoms with van der Waals surface area (Å²) in [4.78, 5) is 34.8. The summed E-state index contributed by atoms with van der Waals surface area (Å²) < 4.78 is 47.8. The maximum atomic E-state index is 12.8. The molecule has 0 spiro atoms. The highest BCUT2D eigenvalue weighted by Crippen LogP contribution is 2.25. The molecule has 9 nitrogen and oxygen atoms in total. The molecule has 0 aromatic carbocycles. The average Bonchev–Trinajstić information content (AvgIpc) is 2.81. The first-order chi connectivity index (χ1) is 16.1. The second-order valence-corrected chi connectivity index (χ2v) is 7.60. The molecule has 1 aliphatic rings. The minimum atomic E-state index is -4.48. The van der Waals surface area contributed by atoms with Crippen LogP contribution in [0, 0.1) is 6.92 Å². The predicted octanol–water partition coefficient (Wildman–Crippen LogP) is 2.84. The molecule has 0 unspecified atom stereocenters. The minimum absolute atomic E-state index is 0.0795. The molecule has 0 bridgehead atoms. The van der Waals surface area contributed by atoms with E-state index in [1.807, 2.05) is 4.90 Å². The highest BCUT2D eigenvalue weighted by molar-refractivity contribution is 5.96. The number of halogens is 3. The van der Waals surface area contributed by atoms with E-state index >= 15 is 0 Å². The zero-order valence-corrected chi connectivity index (χ0v) is 18.9. The number of carbonyl (C=O) groups is 2. The van der Waals surface area contributed by atoms with Gasteiger partial charge in [0.05, 0.1) is 13.2 Å². The van der Waals surface area contributed by atoms with E-state index in [1.165, 1.54) is 12.1 Å². The van der Waals surface area contributed by atoms with Crippen molar-refractivity contribution in [2.24, 2.45) is 0 Å². The van der Waals surface area contributed by atoms with Crippen molar-refractivity contribution in [1.82, 2.24) is 15.3 Å². The number of hydrogen-bond donors (Lipinski definition) is 2. The molecular weight excluding hydrogens is 455 g/mol. The highest BCUT2D eigenvalue weighted by atomic mass is 19.4. The van der Waals surface area contributed by atoms with Gasteiger partial charge < -0.3 is 25.0 Å². The molecule has 0 saturated carbocycles. The first-order valence-corrected chi connectivity index (χ1v) is 10.7. The van der Waals surface area contributed by atoms with E-state index in [2.05, 4.69) is 20.6 Å². The Bertz CT molecular complexity index is 1030. The van der Waals surface area contributed by atoms with Gasteiger partial charge in [0.1, 0.15) is 11.6 Å². The fraction of sp³-hybridized carbons (Fsp3) is 0.455. The van der Waals surface area contributed by atoms with Crippen LogP contribution in [0.3, 0.4) is 0 Å². The van der Waals surface area contributed by atoms with Gasteiger partial charge in [-0.1, -0.05) is 6.92 Å². The molecule has 3 rings (SSSR count). The smallest absolute Gasteiger partial charge is 0.422 e. The lowest BCUT2D eigenvalue weighted by Gasteiger charge is -2.29. The zero-order valence-electron chi connectivity index (χ0n) is 18.9. The van der Waals surface area contributed by atoms with Crippen LogP contribution in [0.5, 0.6) is 5.88 Å². The van der Waals surface area contributed by atoms with Gasteiger partial charge in [-0.2, -0.15) is 18.2 Å². The third-order valence-electron chi connectivity index (χ3n) is 4.87. The lowest BCUT2D eigenvalue weighted by atomic mass is 10.2. The van der Waals surface area contributed by atoms with Crippen molar-refractivity contribution in [2.45, 2.75) is 33.0 Å². The van der Waals surface area contributed by atoms with Crippen LogP contribution in [-0.4, -0.2) is 60.9 Å². The highest BCUT2D eigenvalue weighted by Gasteiger charge is 2.29. The van der Waals surface area contributed by atoms with E-state index in [0.717, 1.165) is 0 Å². The first kappa shape index (κ1) is 25.2. The SMILES string of the molecule is CCC(=O)Nc1cc(C(=O)NCc2ccc(OCC(F)(F)F)nc2N2CCOCC2)cc(C)n1. The predicted molar refractivity (Wildman–Crippen MR) is 118 cm³/mol. The minimum Gasteiger partial charge on any atom is -0.468 e. The second-order valence-electron chi connectivity index (χ2n) is 7.60. The molecule has 2 N–H and O–H groups in total. The van der Waals surface area contributed by atoms with Gasteiger partial charge in [0.25, 0.3) is 5.91 Å². The van der Waals surface area contributed by atoms with Crippen LogP contribution in [0.4, 0.5) is 24.8 Å². The third-order valence-corrected chi connectivity index (χ3v) is 4.87. The van der Waals surface area contributed by atoms with Crippen LogP contribution in [0.15, 0.2) is 24.3 Å². The van der Waals surface area contributed by atoms with Crippen molar-refractivity contribution in [1.29, 1.82) is 0 Å². The van der Waals surface area contributed by atoms with Crippen molar-refractivity contribution < 1.29 is 32.2 Å². The van der Waals surface area contributed by atoms with E-state index in [1.54, 1.807) is 26.0 Å². The maximum absolute atomic E-state index is 12.8. The number of anilines is 2. The van der Waals surface area contributed by atoms with Crippen LogP contribution in [-0.2, 0) is 16.1 Å². The number of ether oxygens (including phenoxy) is 2. The number of nitrogens with one attached hydrogen (secondary N) is 2. The van der Waals surface area contributed by atoms with Gasteiger partial charge in [-0.3, -0.25) is 9.59 Å². The normalized spacial score (nSPS) is 14.0. The Kier molecular flexibility index (Phi) is 8.26. The van der Waals surface area contributed by atoms with Gasteiger partial charge in [0.15, 0.2) is 6.61 Å². The van der Waals surface area contributed by atoms with Crippen molar-refractivity contribution in [2.75, 3.05) is 43.1 Å². The molecule has 0 aliphatic carbocycles. The molecule has 1 fully saturated rings. The van der Waals surface area contributed by atoms with Gasteiger partial charge in [-0.15, -0.1) is 0 Å². The number of morpholine rings is 1. The summed E-state index contributed by atoms with van der Waals surface area (Å²) in [6.45, 7) is 3.94. The molecule has 1 aliphatic heterocycles. The molecule has 34 heavy (non-hydrogen) atoms. The van der Waals surface area contributed by atoms with E-state index in [4.69, 9.17) is 9.47 Å². The Labute approximate surface area is 194 Å². The van der Waals surface area contributed by atoms with Crippen LogP contribution >= 0.6 is 0 Å². The molecule has 2 aromatic rings. The lowest BCUT2D eigenvalue weighted by molar-refractivity contribution is -0.154. The van der Waals surface area contributed by atoms with Gasteiger partial charge in [-0.25, -0.2) is 4.98 Å². The largest absolute Gasteiger partial charge is 0.468 e. The summed E-state index contributed by atoms with van der Waals surface area (Å²) in [5, 5.41) is 5.42. The Morgan fingerprint density at radius 1 is 1.18 bits per heavy atom. The van der Waals surface area contributed by atoms with Crippen molar-refractivity contribution in [3.8, 4) is 5.88 Å². The van der Waals surface area contributed by atoms with Crippen LogP contribution in [0.25, 0.3) is 0 Å². The third kappa shape index (κ3) is 7.30. The molecule has 3 heterocycles. The average molecular weight is 481 g/mol. The van der Waals surface area contributed by atoms with E-state index in [0.29, 0.717) is 48.9 Å². The quantitative estimate of drug-likeness (QED) is 0.597. The molecule has 12 heteroatoms. The lowest BCUT2D eigenvalue weighted by Crippen LogP contribution is -2.38. The van der Waals surface area contributed by atoms with Gasteiger partial charge in [-0.05, 0) is 25.1 Å². The zero-order chi connectivity index (χ0) is 24.7. The number of aryl methyl sites for hydroxylation is 1. The Hall–Kier alpha value is -3.41. The van der Waals surface area contributed by atoms with E-state index in [-0.39, 0.29) is 30.6 Å². The topological polar surface area (TPSA) is 106 Å². The number of nitrogens with zero attached hydrogens (tertiary/aromatic N) is 3. The number of hydrogen-bond acceptors (Lipinski definition) is 7. The number of pyridine rings is 2. The van der Waals surface area contributed by atoms with Crippen LogP contribution < -0.4 is 20.3 Å². The number of carbonyl (C=O) groups excluding carboxylic acids is 2. The van der Waals surface area contributed by atoms with E-state index < -0.39 is 18.7 Å². The Balaban J connectivity index is 1.76. The monoisotopic (exact) mass is 481 g/mol. The Morgan fingerprint density at radius 3 is 2.59 bits per heavy atom. The van der Waals surface area contributed by atoms with E-state index in [9.17, 15) is 22.8 Å². The van der Waals surface area contributed by atoms with Crippen molar-refractivity contribution in [3.63, 3.8) is 0 Å². The molecule has 0 radical (unpaired) electrons. The summed E-state index contributed by atoms with van der Waals surface area (Å²) >= 11 is 0. The van der Waals surface area contributed by atoms with Gasteiger partial charge >= 0.3 is 6.18 Å². The van der Waals surface area contributed by atoms with Crippen molar-refractivity contribution >= 4 is 23.5 Å². The Morgan fingerprint density at radius 2 is 1.91 bits per heavy atom. The summed E-state index contributed by atoms with van der Waals surface area (Å²) in [6.07, 6.45) is -4.21. The molecule has 2 amide bonds. The van der Waals surface area contributed by atoms with Crippen LogP contribution in [0.1, 0.15) is 35.0 Å². The standard InChI is InChI=1S/C22H26F3N5O4/c1-3-18(31)28-17-11-16(10-14(2)27-17)21(32)26-12-15-4-5-19(34-13-22(23,24)25)29-20(15)30-6-8-33-9-7-30/h4-5,10-11H,3,6-9,12-13H2,1-2H3,(H,26,32)(H,27,28,31). The number of aromatic nitrogens is 2. The number of rotatable bonds is 8.